The van der Waals surface area contributed by atoms with Gasteiger partial charge in [0, 0.05) is 0 Å². The fourth-order valence-electron chi connectivity index (χ4n) is 6.06. The molecule has 1 saturated heterocycles. The maximum atomic E-state index is 12.4. The summed E-state index contributed by atoms with van der Waals surface area (Å²) in [6, 6.07) is 0. The first-order valence-corrected chi connectivity index (χ1v) is 7.83. The molecule has 1 spiro atoms. The lowest BCUT2D eigenvalue weighted by Gasteiger charge is -2.54. The molecule has 4 saturated carbocycles. The zero-order chi connectivity index (χ0) is 13.4. The standard InChI is InChI=1S/C16H24O3/c1-9(2)15(14(17)18-3)16(19-15)12-5-10-4-11(7-12)8-13(16)6-10/h9-13H,4-8H2,1-3H3. The normalized spacial score (nSPS) is 53.9. The summed E-state index contributed by atoms with van der Waals surface area (Å²) < 4.78 is 11.4. The topological polar surface area (TPSA) is 38.8 Å². The largest absolute Gasteiger partial charge is 0.467 e. The van der Waals surface area contributed by atoms with Crippen molar-refractivity contribution in [3.8, 4) is 0 Å². The predicted octanol–water partition coefficient (Wildman–Crippen LogP) is 2.78. The van der Waals surface area contributed by atoms with Gasteiger partial charge in [0.15, 0.2) is 5.60 Å². The molecule has 0 aromatic rings. The van der Waals surface area contributed by atoms with Gasteiger partial charge in [-0.2, -0.15) is 0 Å². The van der Waals surface area contributed by atoms with Crippen molar-refractivity contribution >= 4 is 5.97 Å². The lowest BCUT2D eigenvalue weighted by molar-refractivity contribution is -0.149. The van der Waals surface area contributed by atoms with Crippen LogP contribution in [-0.2, 0) is 14.3 Å². The number of carbonyl (C=O) groups is 1. The van der Waals surface area contributed by atoms with Gasteiger partial charge in [0.25, 0.3) is 0 Å². The molecule has 5 rings (SSSR count). The van der Waals surface area contributed by atoms with Gasteiger partial charge < -0.3 is 9.47 Å². The van der Waals surface area contributed by atoms with E-state index in [1.54, 1.807) is 0 Å². The minimum atomic E-state index is -0.635. The number of methoxy groups -OCH3 is 1. The summed E-state index contributed by atoms with van der Waals surface area (Å²) in [5, 5.41) is 0. The molecule has 1 atom stereocenters. The Morgan fingerprint density at radius 3 is 2.05 bits per heavy atom. The summed E-state index contributed by atoms with van der Waals surface area (Å²) in [6.45, 7) is 4.22. The highest BCUT2D eigenvalue weighted by molar-refractivity contribution is 5.85. The molecule has 0 radical (unpaired) electrons. The van der Waals surface area contributed by atoms with Gasteiger partial charge in [-0.3, -0.25) is 0 Å². The third-order valence-electron chi connectivity index (χ3n) is 6.52. The van der Waals surface area contributed by atoms with Crippen LogP contribution in [0.3, 0.4) is 0 Å². The highest BCUT2D eigenvalue weighted by Crippen LogP contribution is 2.72. The summed E-state index contributed by atoms with van der Waals surface area (Å²) in [4.78, 5) is 12.4. The Balaban J connectivity index is 1.74. The van der Waals surface area contributed by atoms with Crippen molar-refractivity contribution < 1.29 is 14.3 Å². The lowest BCUT2D eigenvalue weighted by Crippen LogP contribution is -2.56. The van der Waals surface area contributed by atoms with Crippen LogP contribution in [0.1, 0.15) is 46.0 Å². The number of epoxide rings is 1. The van der Waals surface area contributed by atoms with Crippen molar-refractivity contribution in [1.29, 1.82) is 0 Å². The van der Waals surface area contributed by atoms with E-state index in [1.165, 1.54) is 39.2 Å². The molecule has 1 unspecified atom stereocenters. The molecule has 4 aliphatic carbocycles. The molecular formula is C16H24O3. The second kappa shape index (κ2) is 3.55. The van der Waals surface area contributed by atoms with Gasteiger partial charge in [-0.15, -0.1) is 0 Å². The number of hydrogen-bond donors (Lipinski definition) is 0. The van der Waals surface area contributed by atoms with Crippen LogP contribution in [0.15, 0.2) is 0 Å². The minimum absolute atomic E-state index is 0.130. The molecule has 106 valence electrons. The van der Waals surface area contributed by atoms with E-state index >= 15 is 0 Å². The molecule has 5 aliphatic rings. The van der Waals surface area contributed by atoms with E-state index in [2.05, 4.69) is 13.8 Å². The van der Waals surface area contributed by atoms with Gasteiger partial charge >= 0.3 is 5.97 Å². The first-order chi connectivity index (χ1) is 9.04. The quantitative estimate of drug-likeness (QED) is 0.568. The van der Waals surface area contributed by atoms with E-state index in [-0.39, 0.29) is 17.5 Å². The fourth-order valence-corrected chi connectivity index (χ4v) is 6.06. The van der Waals surface area contributed by atoms with Crippen molar-refractivity contribution in [3.63, 3.8) is 0 Å². The van der Waals surface area contributed by atoms with Crippen LogP contribution in [0.25, 0.3) is 0 Å². The first-order valence-electron chi connectivity index (χ1n) is 7.83. The monoisotopic (exact) mass is 264 g/mol. The molecule has 0 aromatic carbocycles. The van der Waals surface area contributed by atoms with E-state index in [4.69, 9.17) is 9.47 Å². The van der Waals surface area contributed by atoms with E-state index < -0.39 is 5.60 Å². The van der Waals surface area contributed by atoms with Gasteiger partial charge in [0.05, 0.1) is 7.11 Å². The van der Waals surface area contributed by atoms with E-state index in [9.17, 15) is 4.79 Å². The molecule has 0 amide bonds. The molecule has 1 heterocycles. The summed E-state index contributed by atoms with van der Waals surface area (Å²) in [5.41, 5.74) is -0.800. The Hall–Kier alpha value is -0.570. The highest BCUT2D eigenvalue weighted by Gasteiger charge is 2.84. The van der Waals surface area contributed by atoms with Crippen LogP contribution < -0.4 is 0 Å². The zero-order valence-electron chi connectivity index (χ0n) is 12.1. The number of rotatable bonds is 2. The van der Waals surface area contributed by atoms with Crippen molar-refractivity contribution in [2.24, 2.45) is 29.6 Å². The Labute approximate surface area is 115 Å². The Bertz CT molecular complexity index is 400. The average molecular weight is 264 g/mol. The Morgan fingerprint density at radius 1 is 1.11 bits per heavy atom. The SMILES string of the molecule is COC(=O)C1(C(C)C)OC12C1CC3CC(C1)CC2C3. The molecule has 5 fully saturated rings. The summed E-state index contributed by atoms with van der Waals surface area (Å²) >= 11 is 0. The molecule has 0 N–H and O–H groups in total. The van der Waals surface area contributed by atoms with Crippen molar-refractivity contribution in [1.82, 2.24) is 0 Å². The van der Waals surface area contributed by atoms with Gasteiger partial charge in [0.1, 0.15) is 5.60 Å². The molecule has 19 heavy (non-hydrogen) atoms. The van der Waals surface area contributed by atoms with E-state index in [0.29, 0.717) is 11.8 Å². The maximum absolute atomic E-state index is 12.4. The van der Waals surface area contributed by atoms with Crippen LogP contribution in [0.2, 0.25) is 0 Å². The van der Waals surface area contributed by atoms with E-state index in [1.807, 2.05) is 0 Å². The molecule has 1 aliphatic heterocycles. The third-order valence-corrected chi connectivity index (χ3v) is 6.52. The number of carbonyl (C=O) groups excluding carboxylic acids is 1. The summed E-state index contributed by atoms with van der Waals surface area (Å²) in [7, 11) is 1.50. The number of esters is 1. The van der Waals surface area contributed by atoms with Crippen molar-refractivity contribution in [3.05, 3.63) is 0 Å². The van der Waals surface area contributed by atoms with Crippen molar-refractivity contribution in [2.75, 3.05) is 7.11 Å². The maximum Gasteiger partial charge on any atom is 0.341 e. The molecular weight excluding hydrogens is 240 g/mol. The Morgan fingerprint density at radius 2 is 1.63 bits per heavy atom. The van der Waals surface area contributed by atoms with Crippen LogP contribution in [-0.4, -0.2) is 24.3 Å². The number of hydrogen-bond acceptors (Lipinski definition) is 3. The first kappa shape index (κ1) is 12.2. The summed E-state index contributed by atoms with van der Waals surface area (Å²) in [5.74, 6) is 3.09. The third kappa shape index (κ3) is 1.22. The van der Waals surface area contributed by atoms with Crippen LogP contribution in [0, 0.1) is 29.6 Å². The average Bonchev–Trinajstić information content (AvgIpc) is 3.07. The van der Waals surface area contributed by atoms with Crippen molar-refractivity contribution in [2.45, 2.75) is 57.2 Å². The van der Waals surface area contributed by atoms with Gasteiger partial charge in [-0.1, -0.05) is 13.8 Å². The molecule has 3 nitrogen and oxygen atoms in total. The second-order valence-corrected chi connectivity index (χ2v) is 7.58. The van der Waals surface area contributed by atoms with Gasteiger partial charge in [-0.05, 0) is 61.7 Å². The second-order valence-electron chi connectivity index (χ2n) is 7.58. The van der Waals surface area contributed by atoms with Crippen LogP contribution >= 0.6 is 0 Å². The molecule has 3 heteroatoms. The smallest absolute Gasteiger partial charge is 0.341 e. The lowest BCUT2D eigenvalue weighted by atomic mass is 9.48. The van der Waals surface area contributed by atoms with Crippen LogP contribution in [0.5, 0.6) is 0 Å². The Kier molecular flexibility index (Phi) is 2.27. The highest BCUT2D eigenvalue weighted by atomic mass is 16.7. The minimum Gasteiger partial charge on any atom is -0.467 e. The van der Waals surface area contributed by atoms with E-state index in [0.717, 1.165) is 11.8 Å². The predicted molar refractivity (Wildman–Crippen MR) is 70.4 cm³/mol. The van der Waals surface area contributed by atoms with Gasteiger partial charge in [0.2, 0.25) is 0 Å². The molecule has 0 aromatic heterocycles. The fraction of sp³-hybridized carbons (Fsp3) is 0.938. The van der Waals surface area contributed by atoms with Gasteiger partial charge in [-0.25, -0.2) is 4.79 Å². The molecule has 4 bridgehead atoms. The van der Waals surface area contributed by atoms with Crippen LogP contribution in [0.4, 0.5) is 0 Å². The zero-order valence-corrected chi connectivity index (χ0v) is 12.1. The number of ether oxygens (including phenoxy) is 2. The summed E-state index contributed by atoms with van der Waals surface area (Å²) in [6.07, 6.45) is 6.53.